The minimum Gasteiger partial charge on any atom is -0.326 e. The summed E-state index contributed by atoms with van der Waals surface area (Å²) < 4.78 is 38.9. The topological polar surface area (TPSA) is 29.3 Å². The van der Waals surface area contributed by atoms with E-state index < -0.39 is 11.7 Å². The number of likely N-dealkylation sites (N-methyl/N-ethyl adjacent to an activating group) is 1. The number of nitrogens with zero attached hydrogens (tertiary/aromatic N) is 1. The fourth-order valence-corrected chi connectivity index (χ4v) is 3.28. The maximum Gasteiger partial charge on any atom is 0.416 e. The molecule has 0 bridgehead atoms. The fraction of sp³-hybridized carbons (Fsp3) is 0.625. The van der Waals surface area contributed by atoms with Crippen molar-refractivity contribution in [1.29, 1.82) is 0 Å². The van der Waals surface area contributed by atoms with Crippen molar-refractivity contribution in [2.75, 3.05) is 14.1 Å². The molecule has 2 nitrogen and oxygen atoms in total. The number of aryl methyl sites for hydroxylation is 1. The molecule has 2 N–H and O–H groups in total. The van der Waals surface area contributed by atoms with Crippen molar-refractivity contribution in [3.63, 3.8) is 0 Å². The summed E-state index contributed by atoms with van der Waals surface area (Å²) >= 11 is 0. The van der Waals surface area contributed by atoms with Crippen molar-refractivity contribution in [3.8, 4) is 0 Å². The van der Waals surface area contributed by atoms with Gasteiger partial charge in [0.05, 0.1) is 5.56 Å². The second kappa shape index (κ2) is 5.97. The Morgan fingerprint density at radius 3 is 2.38 bits per heavy atom. The lowest BCUT2D eigenvalue weighted by atomic mass is 9.78. The minimum atomic E-state index is -4.28. The highest BCUT2D eigenvalue weighted by molar-refractivity contribution is 5.33. The third kappa shape index (κ3) is 3.77. The summed E-state index contributed by atoms with van der Waals surface area (Å²) in [5.74, 6) is 0.151. The SMILES string of the molecule is Cc1cc([C@H]2CC[C@H](N)[C@@H](N(C)C)C2)cc(C(F)(F)F)c1. The summed E-state index contributed by atoms with van der Waals surface area (Å²) in [6.45, 7) is 1.72. The zero-order chi connectivity index (χ0) is 15.8. The molecule has 0 saturated heterocycles. The van der Waals surface area contributed by atoms with Crippen LogP contribution in [0.4, 0.5) is 13.2 Å². The quantitative estimate of drug-likeness (QED) is 0.905. The molecule has 1 aliphatic rings. The molecule has 1 aromatic rings. The Bertz CT molecular complexity index is 497. The molecular weight excluding hydrogens is 277 g/mol. The summed E-state index contributed by atoms with van der Waals surface area (Å²) in [5, 5.41) is 0. The summed E-state index contributed by atoms with van der Waals surface area (Å²) in [4.78, 5) is 2.08. The van der Waals surface area contributed by atoms with Gasteiger partial charge >= 0.3 is 6.18 Å². The molecule has 5 heteroatoms. The van der Waals surface area contributed by atoms with Crippen molar-refractivity contribution < 1.29 is 13.2 Å². The number of halogens is 3. The van der Waals surface area contributed by atoms with Crippen molar-refractivity contribution >= 4 is 0 Å². The first-order valence-electron chi connectivity index (χ1n) is 7.29. The van der Waals surface area contributed by atoms with E-state index in [0.29, 0.717) is 5.56 Å². The van der Waals surface area contributed by atoms with E-state index in [1.54, 1.807) is 6.92 Å². The molecule has 1 aromatic carbocycles. The van der Waals surface area contributed by atoms with Crippen LogP contribution in [0.5, 0.6) is 0 Å². The van der Waals surface area contributed by atoms with E-state index in [-0.39, 0.29) is 18.0 Å². The van der Waals surface area contributed by atoms with Crippen molar-refractivity contribution in [2.45, 2.75) is 50.4 Å². The van der Waals surface area contributed by atoms with Crippen LogP contribution in [0.1, 0.15) is 41.9 Å². The van der Waals surface area contributed by atoms with Gasteiger partial charge in [-0.1, -0.05) is 11.6 Å². The molecule has 3 atom stereocenters. The molecule has 0 spiro atoms. The van der Waals surface area contributed by atoms with Gasteiger partial charge in [0.15, 0.2) is 0 Å². The Labute approximate surface area is 124 Å². The largest absolute Gasteiger partial charge is 0.416 e. The highest BCUT2D eigenvalue weighted by Crippen LogP contribution is 2.37. The molecule has 118 valence electrons. The Morgan fingerprint density at radius 2 is 1.81 bits per heavy atom. The van der Waals surface area contributed by atoms with Gasteiger partial charge < -0.3 is 10.6 Å². The van der Waals surface area contributed by atoms with Crippen LogP contribution in [0.2, 0.25) is 0 Å². The normalized spacial score (nSPS) is 27.1. The Hall–Kier alpha value is -1.07. The van der Waals surface area contributed by atoms with Crippen molar-refractivity contribution in [3.05, 3.63) is 34.9 Å². The highest BCUT2D eigenvalue weighted by Gasteiger charge is 2.34. The summed E-state index contributed by atoms with van der Waals surface area (Å²) in [5.41, 5.74) is 7.04. The number of rotatable bonds is 2. The summed E-state index contributed by atoms with van der Waals surface area (Å²) in [7, 11) is 3.95. The van der Waals surface area contributed by atoms with E-state index >= 15 is 0 Å². The second-order valence-corrected chi connectivity index (χ2v) is 6.33. The van der Waals surface area contributed by atoms with Crippen LogP contribution in [0.15, 0.2) is 18.2 Å². The predicted molar refractivity (Wildman–Crippen MR) is 78.2 cm³/mol. The maximum absolute atomic E-state index is 13.0. The predicted octanol–water partition coefficient (Wildman–Crippen LogP) is 3.54. The molecule has 0 aromatic heterocycles. The lowest BCUT2D eigenvalue weighted by Gasteiger charge is -2.38. The van der Waals surface area contributed by atoms with Crippen molar-refractivity contribution in [1.82, 2.24) is 4.90 Å². The van der Waals surface area contributed by atoms with Gasteiger partial charge in [-0.15, -0.1) is 0 Å². The molecule has 1 saturated carbocycles. The number of nitrogens with two attached hydrogens (primary N) is 1. The number of alkyl halides is 3. The van der Waals surface area contributed by atoms with Gasteiger partial charge in [-0.25, -0.2) is 0 Å². The first-order chi connectivity index (χ1) is 9.68. The number of hydrogen-bond acceptors (Lipinski definition) is 2. The van der Waals surface area contributed by atoms with Gasteiger partial charge in [-0.2, -0.15) is 13.2 Å². The average molecular weight is 300 g/mol. The van der Waals surface area contributed by atoms with Crippen LogP contribution in [-0.4, -0.2) is 31.1 Å². The minimum absolute atomic E-state index is 0.100. The maximum atomic E-state index is 13.0. The van der Waals surface area contributed by atoms with E-state index in [9.17, 15) is 13.2 Å². The molecule has 2 rings (SSSR count). The van der Waals surface area contributed by atoms with E-state index in [0.717, 1.165) is 24.8 Å². The third-order valence-electron chi connectivity index (χ3n) is 4.43. The zero-order valence-electron chi connectivity index (χ0n) is 12.7. The van der Waals surface area contributed by atoms with E-state index in [1.165, 1.54) is 12.1 Å². The van der Waals surface area contributed by atoms with Crippen LogP contribution >= 0.6 is 0 Å². The molecule has 0 radical (unpaired) electrons. The molecule has 1 aliphatic carbocycles. The van der Waals surface area contributed by atoms with Crippen LogP contribution in [0.3, 0.4) is 0 Å². The van der Waals surface area contributed by atoms with E-state index in [2.05, 4.69) is 4.90 Å². The Morgan fingerprint density at radius 1 is 1.14 bits per heavy atom. The van der Waals surface area contributed by atoms with Crippen LogP contribution in [0, 0.1) is 6.92 Å². The lowest BCUT2D eigenvalue weighted by Crippen LogP contribution is -2.47. The van der Waals surface area contributed by atoms with Gasteiger partial charge in [-0.3, -0.25) is 0 Å². The first kappa shape index (κ1) is 16.3. The molecule has 0 amide bonds. The number of hydrogen-bond donors (Lipinski definition) is 1. The van der Waals surface area contributed by atoms with E-state index in [1.807, 2.05) is 20.2 Å². The lowest BCUT2D eigenvalue weighted by molar-refractivity contribution is -0.137. The van der Waals surface area contributed by atoms with Crippen LogP contribution < -0.4 is 5.73 Å². The molecule has 0 heterocycles. The van der Waals surface area contributed by atoms with Gasteiger partial charge in [0, 0.05) is 12.1 Å². The van der Waals surface area contributed by atoms with Crippen LogP contribution in [0.25, 0.3) is 0 Å². The Balaban J connectivity index is 2.28. The molecule has 1 fully saturated rings. The standard InChI is InChI=1S/C16H23F3N2/c1-10-6-12(8-13(7-10)16(17,18)19)11-4-5-14(20)15(9-11)21(2)3/h6-8,11,14-15H,4-5,9,20H2,1-3H3/t11-,14-,15-/m0/s1. The van der Waals surface area contributed by atoms with Gasteiger partial charge in [-0.05, 0) is 63.9 Å². The number of benzene rings is 1. The summed E-state index contributed by atoms with van der Waals surface area (Å²) in [6.07, 6.45) is -1.77. The summed E-state index contributed by atoms with van der Waals surface area (Å²) in [6, 6.07) is 4.72. The Kier molecular flexibility index (Phi) is 4.63. The molecule has 0 unspecified atom stereocenters. The molecular formula is C16H23F3N2. The molecule has 21 heavy (non-hydrogen) atoms. The average Bonchev–Trinajstić information content (AvgIpc) is 2.37. The second-order valence-electron chi connectivity index (χ2n) is 6.33. The fourth-order valence-electron chi connectivity index (χ4n) is 3.28. The zero-order valence-corrected chi connectivity index (χ0v) is 12.7. The van der Waals surface area contributed by atoms with Gasteiger partial charge in [0.25, 0.3) is 0 Å². The third-order valence-corrected chi connectivity index (χ3v) is 4.43. The van der Waals surface area contributed by atoms with Crippen molar-refractivity contribution in [2.24, 2.45) is 5.73 Å². The highest BCUT2D eigenvalue weighted by atomic mass is 19.4. The van der Waals surface area contributed by atoms with E-state index in [4.69, 9.17) is 5.73 Å². The molecule has 0 aliphatic heterocycles. The van der Waals surface area contributed by atoms with Gasteiger partial charge in [0.1, 0.15) is 0 Å². The smallest absolute Gasteiger partial charge is 0.326 e. The monoisotopic (exact) mass is 300 g/mol. The van der Waals surface area contributed by atoms with Crippen LogP contribution in [-0.2, 0) is 6.18 Å². The first-order valence-corrected chi connectivity index (χ1v) is 7.29. The van der Waals surface area contributed by atoms with Gasteiger partial charge in [0.2, 0.25) is 0 Å².